The van der Waals surface area contributed by atoms with Crippen molar-refractivity contribution in [3.8, 4) is 22.8 Å². The topological polar surface area (TPSA) is 115 Å². The Balaban J connectivity index is 0.996. The third-order valence-corrected chi connectivity index (χ3v) is 8.91. The van der Waals surface area contributed by atoms with E-state index in [0.29, 0.717) is 66.4 Å². The van der Waals surface area contributed by atoms with Crippen LogP contribution in [0.1, 0.15) is 33.2 Å². The Labute approximate surface area is 261 Å². The van der Waals surface area contributed by atoms with Crippen molar-refractivity contribution in [1.29, 1.82) is 0 Å². The Morgan fingerprint density at radius 3 is 2.29 bits per heavy atom. The number of carbonyl (C=O) groups excluding carboxylic acids is 1. The van der Waals surface area contributed by atoms with Crippen molar-refractivity contribution in [2.24, 2.45) is 0 Å². The zero-order chi connectivity index (χ0) is 31.3. The number of anilines is 1. The Hall–Kier alpha value is -4.29. The van der Waals surface area contributed by atoms with E-state index in [2.05, 4.69) is 19.8 Å². The molecule has 0 bridgehead atoms. The highest BCUT2D eigenvalue weighted by Crippen LogP contribution is 2.37. The van der Waals surface area contributed by atoms with E-state index in [1.165, 1.54) is 6.33 Å². The number of hydrogen-bond acceptors (Lipinski definition) is 9. The van der Waals surface area contributed by atoms with Crippen molar-refractivity contribution in [1.82, 2.24) is 34.4 Å². The average Bonchev–Trinajstić information content (AvgIpc) is 3.34. The van der Waals surface area contributed by atoms with Crippen LogP contribution in [0.4, 0.5) is 15.0 Å². The number of rotatable bonds is 6. The van der Waals surface area contributed by atoms with E-state index in [-0.39, 0.29) is 6.09 Å². The molecule has 3 aliphatic heterocycles. The highest BCUT2D eigenvalue weighted by molar-refractivity contribution is 5.98. The predicted molar refractivity (Wildman–Crippen MR) is 169 cm³/mol. The molecule has 3 fully saturated rings. The maximum Gasteiger partial charge on any atom is 0.410 e. The summed E-state index contributed by atoms with van der Waals surface area (Å²) in [6, 6.07) is 17.4. The van der Waals surface area contributed by atoms with Gasteiger partial charge in [-0.1, -0.05) is 18.2 Å². The summed E-state index contributed by atoms with van der Waals surface area (Å²) >= 11 is 0. The third-order valence-electron chi connectivity index (χ3n) is 8.91. The van der Waals surface area contributed by atoms with Gasteiger partial charge in [-0.15, -0.1) is 0 Å². The number of benzene rings is 2. The number of amides is 1. The lowest BCUT2D eigenvalue weighted by molar-refractivity contribution is -0.0697. The lowest BCUT2D eigenvalue weighted by Gasteiger charge is -2.54. The lowest BCUT2D eigenvalue weighted by Crippen LogP contribution is -2.71. The van der Waals surface area contributed by atoms with Crippen LogP contribution in [0.2, 0.25) is 0 Å². The molecule has 236 valence electrons. The van der Waals surface area contributed by atoms with Gasteiger partial charge in [-0.3, -0.25) is 9.80 Å². The molecule has 0 saturated carbocycles. The number of nitrogens with zero attached hydrogens (tertiary/aromatic N) is 7. The van der Waals surface area contributed by atoms with Gasteiger partial charge in [0, 0.05) is 56.9 Å². The summed E-state index contributed by atoms with van der Waals surface area (Å²) in [4.78, 5) is 27.4. The van der Waals surface area contributed by atoms with E-state index in [4.69, 9.17) is 20.3 Å². The van der Waals surface area contributed by atoms with Crippen LogP contribution in [0, 0.1) is 0 Å². The first kappa shape index (κ1) is 29.4. The minimum absolute atomic E-state index is 0.256. The minimum atomic E-state index is -1.12. The molecule has 12 heteroatoms. The van der Waals surface area contributed by atoms with Gasteiger partial charge in [0.2, 0.25) is 0 Å². The monoisotopic (exact) mass is 614 g/mol. The molecule has 1 amide bonds. The van der Waals surface area contributed by atoms with Crippen molar-refractivity contribution in [3.63, 3.8) is 0 Å². The van der Waals surface area contributed by atoms with Gasteiger partial charge in [0.25, 0.3) is 0 Å². The molecule has 5 heterocycles. The Morgan fingerprint density at radius 1 is 0.911 bits per heavy atom. The van der Waals surface area contributed by atoms with Crippen molar-refractivity contribution in [3.05, 3.63) is 60.9 Å². The number of ether oxygens (including phenoxy) is 2. The van der Waals surface area contributed by atoms with Crippen LogP contribution in [-0.2, 0) is 4.74 Å². The fourth-order valence-electron chi connectivity index (χ4n) is 6.44. The van der Waals surface area contributed by atoms with Gasteiger partial charge in [-0.25, -0.2) is 23.8 Å². The number of fused-ring (bicyclic) bond motifs is 1. The summed E-state index contributed by atoms with van der Waals surface area (Å²) in [6.07, 6.45) is 0.644. The van der Waals surface area contributed by atoms with Crippen molar-refractivity contribution in [2.75, 3.05) is 45.0 Å². The first-order chi connectivity index (χ1) is 21.6. The molecule has 3 saturated heterocycles. The second-order valence-corrected chi connectivity index (χ2v) is 13.2. The lowest BCUT2D eigenvalue weighted by atomic mass is 9.95. The van der Waals surface area contributed by atoms with Crippen LogP contribution in [0.15, 0.2) is 60.9 Å². The zero-order valence-electron chi connectivity index (χ0n) is 25.8. The highest BCUT2D eigenvalue weighted by atomic mass is 19.1. The molecule has 45 heavy (non-hydrogen) atoms. The van der Waals surface area contributed by atoms with E-state index in [1.54, 1.807) is 9.58 Å². The number of alkyl halides is 1. The van der Waals surface area contributed by atoms with Gasteiger partial charge in [0.15, 0.2) is 5.65 Å². The number of aromatic nitrogens is 4. The quantitative estimate of drug-likeness (QED) is 0.328. The Kier molecular flexibility index (Phi) is 7.57. The second kappa shape index (κ2) is 11.6. The average molecular weight is 615 g/mol. The summed E-state index contributed by atoms with van der Waals surface area (Å²) in [5.74, 6) is 1.76. The summed E-state index contributed by atoms with van der Waals surface area (Å²) in [5, 5.41) is 5.52. The molecule has 0 unspecified atom stereocenters. The van der Waals surface area contributed by atoms with Gasteiger partial charge in [0.05, 0.1) is 11.4 Å². The number of nitrogen functional groups attached to an aromatic ring is 1. The van der Waals surface area contributed by atoms with E-state index < -0.39 is 17.8 Å². The van der Waals surface area contributed by atoms with E-state index in [0.717, 1.165) is 30.9 Å². The first-order valence-electron chi connectivity index (χ1n) is 15.5. The number of halogens is 1. The molecule has 2 aromatic carbocycles. The van der Waals surface area contributed by atoms with E-state index in [9.17, 15) is 4.79 Å². The standard InChI is InChI=1S/C33H39FN8O3/c1-33(2,3)45-32(43)41-17-23(18-41)40-15-22(16-40)39-14-13-27(26(34)19-39)42-31-28(30(35)36-20-37-31)29(38-42)21-9-11-25(12-10-21)44-24-7-5-4-6-8-24/h4-12,20,22-23,26-27H,13-19H2,1-3H3,(H2,35,36,37)/t26-,27-/m1/s1. The van der Waals surface area contributed by atoms with Gasteiger partial charge in [-0.2, -0.15) is 5.10 Å². The smallest absolute Gasteiger partial charge is 0.410 e. The van der Waals surface area contributed by atoms with Crippen LogP contribution < -0.4 is 10.5 Å². The molecule has 0 spiro atoms. The van der Waals surface area contributed by atoms with Crippen LogP contribution >= 0.6 is 0 Å². The third kappa shape index (κ3) is 5.91. The summed E-state index contributed by atoms with van der Waals surface area (Å²) in [7, 11) is 0. The van der Waals surface area contributed by atoms with Gasteiger partial charge in [-0.05, 0) is 63.6 Å². The van der Waals surface area contributed by atoms with Crippen molar-refractivity contribution in [2.45, 2.75) is 57.1 Å². The Morgan fingerprint density at radius 2 is 1.60 bits per heavy atom. The number of para-hydroxylation sites is 1. The molecule has 2 aromatic heterocycles. The largest absolute Gasteiger partial charge is 0.457 e. The number of nitrogens with two attached hydrogens (primary N) is 1. The van der Waals surface area contributed by atoms with Crippen LogP contribution in [0.3, 0.4) is 0 Å². The normalized spacial score (nSPS) is 21.8. The maximum atomic E-state index is 15.9. The van der Waals surface area contributed by atoms with Crippen LogP contribution in [0.5, 0.6) is 11.5 Å². The van der Waals surface area contributed by atoms with E-state index >= 15 is 4.39 Å². The summed E-state index contributed by atoms with van der Waals surface area (Å²) in [6.45, 7) is 9.85. The highest BCUT2D eigenvalue weighted by Gasteiger charge is 2.45. The fraction of sp³-hybridized carbons (Fsp3) is 0.455. The van der Waals surface area contributed by atoms with Gasteiger partial charge in [0.1, 0.15) is 41.1 Å². The fourth-order valence-corrected chi connectivity index (χ4v) is 6.44. The molecule has 3 aliphatic rings. The van der Waals surface area contributed by atoms with Gasteiger partial charge >= 0.3 is 6.09 Å². The molecule has 0 radical (unpaired) electrons. The van der Waals surface area contributed by atoms with Crippen molar-refractivity contribution >= 4 is 22.9 Å². The summed E-state index contributed by atoms with van der Waals surface area (Å²) < 4.78 is 29.1. The Bertz CT molecular complexity index is 1660. The van der Waals surface area contributed by atoms with Crippen LogP contribution in [0.25, 0.3) is 22.3 Å². The second-order valence-electron chi connectivity index (χ2n) is 13.2. The molecule has 4 aromatic rings. The minimum Gasteiger partial charge on any atom is -0.457 e. The number of carbonyl (C=O) groups is 1. The van der Waals surface area contributed by atoms with Crippen LogP contribution in [-0.4, -0.2) is 104 Å². The molecule has 11 nitrogen and oxygen atoms in total. The molecule has 2 atom stereocenters. The first-order valence-corrected chi connectivity index (χ1v) is 15.5. The summed E-state index contributed by atoms with van der Waals surface area (Å²) in [5.41, 5.74) is 7.83. The molecule has 7 rings (SSSR count). The van der Waals surface area contributed by atoms with Crippen molar-refractivity contribution < 1.29 is 18.7 Å². The molecule has 0 aliphatic carbocycles. The van der Waals surface area contributed by atoms with E-state index in [1.807, 2.05) is 75.4 Å². The number of piperidine rings is 1. The molecule has 2 N–H and O–H groups in total. The number of likely N-dealkylation sites (tertiary alicyclic amines) is 3. The maximum absolute atomic E-state index is 15.9. The molecular weight excluding hydrogens is 575 g/mol. The SMILES string of the molecule is CC(C)(C)OC(=O)N1CC(N2CC(N3CC[C@@H](n4nc(-c5ccc(Oc6ccccc6)cc5)c5c(N)ncnc54)[C@H](F)C3)C2)C1. The number of hydrogen-bond donors (Lipinski definition) is 1. The zero-order valence-corrected chi connectivity index (χ0v) is 25.8. The predicted octanol–water partition coefficient (Wildman–Crippen LogP) is 4.76. The van der Waals surface area contributed by atoms with Gasteiger partial charge < -0.3 is 20.1 Å². The molecular formula is C33H39FN8O3.